The Balaban J connectivity index is 1.34. The molecule has 0 aromatic heterocycles. The standard InChI is InChI=1S/C38H53FO4/c1-4-5-6-8-28-10-12-29(13-11-28)30-14-16-31(17-15-30)33-20-21-35(36(39)25-33)34-19-18-32(9-7-22-40)37(26-34)42-23-24-43-38(41)27(2)3/h18-21,25-26,28-31,40H,2,4-17,22-24H2,1,3H3. The number of hydrogen-bond donors (Lipinski definition) is 1. The van der Waals surface area contributed by atoms with Gasteiger partial charge >= 0.3 is 5.97 Å². The number of halogens is 1. The summed E-state index contributed by atoms with van der Waals surface area (Å²) in [6.07, 6.45) is 17.3. The predicted molar refractivity (Wildman–Crippen MR) is 173 cm³/mol. The molecule has 0 saturated heterocycles. The molecule has 2 aromatic rings. The molecule has 0 atom stereocenters. The van der Waals surface area contributed by atoms with Crippen LogP contribution in [0.4, 0.5) is 4.39 Å². The minimum Gasteiger partial charge on any atom is -0.490 e. The third-order valence-corrected chi connectivity index (χ3v) is 9.92. The normalized spacial score (nSPS) is 22.2. The van der Waals surface area contributed by atoms with Crippen LogP contribution in [0.3, 0.4) is 0 Å². The Kier molecular flexibility index (Phi) is 13.1. The summed E-state index contributed by atoms with van der Waals surface area (Å²) in [6.45, 7) is 7.84. The highest BCUT2D eigenvalue weighted by molar-refractivity contribution is 5.86. The molecule has 5 heteroatoms. The molecule has 0 aliphatic heterocycles. The zero-order chi connectivity index (χ0) is 30.6. The van der Waals surface area contributed by atoms with Crippen LogP contribution in [0.5, 0.6) is 5.75 Å². The van der Waals surface area contributed by atoms with Crippen molar-refractivity contribution < 1.29 is 23.8 Å². The van der Waals surface area contributed by atoms with E-state index in [0.29, 0.717) is 35.6 Å². The van der Waals surface area contributed by atoms with E-state index >= 15 is 4.39 Å². The monoisotopic (exact) mass is 592 g/mol. The molecule has 43 heavy (non-hydrogen) atoms. The molecule has 0 unspecified atom stereocenters. The van der Waals surface area contributed by atoms with Gasteiger partial charge in [0.15, 0.2) is 0 Å². The summed E-state index contributed by atoms with van der Waals surface area (Å²) in [6, 6.07) is 11.5. The summed E-state index contributed by atoms with van der Waals surface area (Å²) in [4.78, 5) is 11.7. The summed E-state index contributed by atoms with van der Waals surface area (Å²) >= 11 is 0. The number of rotatable bonds is 15. The summed E-state index contributed by atoms with van der Waals surface area (Å²) in [5, 5.41) is 9.32. The molecule has 2 aliphatic rings. The lowest BCUT2D eigenvalue weighted by Crippen LogP contribution is -2.25. The van der Waals surface area contributed by atoms with Gasteiger partial charge in [-0.15, -0.1) is 0 Å². The van der Waals surface area contributed by atoms with Gasteiger partial charge in [0.2, 0.25) is 0 Å². The predicted octanol–water partition coefficient (Wildman–Crippen LogP) is 9.58. The first kappa shape index (κ1) is 33.2. The maximum atomic E-state index is 15.6. The SMILES string of the molecule is C=C(C)C(=O)OCCOc1cc(-c2ccc(C3CCC(C4CCC(CCCCC)CC4)CC3)cc2F)ccc1CCCO. The highest BCUT2D eigenvalue weighted by Crippen LogP contribution is 2.45. The van der Waals surface area contributed by atoms with E-state index in [1.807, 2.05) is 24.3 Å². The van der Waals surface area contributed by atoms with Gasteiger partial charge in [0.1, 0.15) is 24.8 Å². The van der Waals surface area contributed by atoms with Gasteiger partial charge < -0.3 is 14.6 Å². The molecule has 2 saturated carbocycles. The van der Waals surface area contributed by atoms with E-state index in [1.54, 1.807) is 13.0 Å². The number of unbranched alkanes of at least 4 members (excludes halogenated alkanes) is 2. The van der Waals surface area contributed by atoms with Crippen molar-refractivity contribution in [1.29, 1.82) is 0 Å². The van der Waals surface area contributed by atoms with Gasteiger partial charge in [-0.25, -0.2) is 9.18 Å². The first-order chi connectivity index (χ1) is 20.9. The minimum atomic E-state index is -0.450. The fourth-order valence-corrected chi connectivity index (χ4v) is 7.32. The van der Waals surface area contributed by atoms with Crippen LogP contribution in [0.25, 0.3) is 11.1 Å². The number of carbonyl (C=O) groups excluding carboxylic acids is 1. The van der Waals surface area contributed by atoms with Crippen molar-refractivity contribution in [2.24, 2.45) is 17.8 Å². The number of benzene rings is 2. The fourth-order valence-electron chi connectivity index (χ4n) is 7.32. The zero-order valence-electron chi connectivity index (χ0n) is 26.6. The van der Waals surface area contributed by atoms with Crippen LogP contribution >= 0.6 is 0 Å². The lowest BCUT2D eigenvalue weighted by molar-refractivity contribution is -0.139. The number of hydrogen-bond acceptors (Lipinski definition) is 4. The first-order valence-corrected chi connectivity index (χ1v) is 16.9. The van der Waals surface area contributed by atoms with Gasteiger partial charge in [-0.1, -0.05) is 76.3 Å². The van der Waals surface area contributed by atoms with Gasteiger partial charge in [0.05, 0.1) is 0 Å². The Labute approximate surface area is 259 Å². The van der Waals surface area contributed by atoms with Crippen molar-refractivity contribution in [3.05, 3.63) is 65.5 Å². The smallest absolute Gasteiger partial charge is 0.333 e. The average molecular weight is 593 g/mol. The van der Waals surface area contributed by atoms with Crippen molar-refractivity contribution >= 4 is 5.97 Å². The first-order valence-electron chi connectivity index (χ1n) is 16.9. The van der Waals surface area contributed by atoms with E-state index in [4.69, 9.17) is 9.47 Å². The molecule has 4 rings (SSSR count). The van der Waals surface area contributed by atoms with Crippen LogP contribution in [-0.4, -0.2) is 30.9 Å². The molecule has 236 valence electrons. The zero-order valence-corrected chi connectivity index (χ0v) is 26.6. The number of ether oxygens (including phenoxy) is 2. The van der Waals surface area contributed by atoms with Crippen LogP contribution in [0, 0.1) is 23.6 Å². The van der Waals surface area contributed by atoms with Crippen LogP contribution in [0.15, 0.2) is 48.6 Å². The number of aryl methyl sites for hydroxylation is 1. The minimum absolute atomic E-state index is 0.0790. The Bertz CT molecular complexity index is 1170. The lowest BCUT2D eigenvalue weighted by Gasteiger charge is -2.38. The van der Waals surface area contributed by atoms with Crippen LogP contribution < -0.4 is 4.74 Å². The van der Waals surface area contributed by atoms with E-state index in [-0.39, 0.29) is 25.6 Å². The summed E-state index contributed by atoms with van der Waals surface area (Å²) < 4.78 is 26.7. The van der Waals surface area contributed by atoms with Gasteiger partial charge in [0.25, 0.3) is 0 Å². The summed E-state index contributed by atoms with van der Waals surface area (Å²) in [5.74, 6) is 3.12. The number of carbonyl (C=O) groups is 1. The molecule has 2 aromatic carbocycles. The lowest BCUT2D eigenvalue weighted by atomic mass is 9.68. The molecule has 1 N–H and O–H groups in total. The fraction of sp³-hybridized carbons (Fsp3) is 0.605. The van der Waals surface area contributed by atoms with Crippen molar-refractivity contribution in [2.45, 2.75) is 110 Å². The molecular weight excluding hydrogens is 539 g/mol. The second-order valence-corrected chi connectivity index (χ2v) is 13.0. The molecule has 0 spiro atoms. The third-order valence-electron chi connectivity index (χ3n) is 9.92. The van der Waals surface area contributed by atoms with Crippen molar-refractivity contribution in [3.63, 3.8) is 0 Å². The number of aliphatic hydroxyl groups is 1. The Morgan fingerprint density at radius 3 is 2.30 bits per heavy atom. The quantitative estimate of drug-likeness (QED) is 0.127. The number of esters is 1. The molecule has 2 aliphatic carbocycles. The van der Waals surface area contributed by atoms with Crippen LogP contribution in [-0.2, 0) is 16.0 Å². The largest absolute Gasteiger partial charge is 0.490 e. The van der Waals surface area contributed by atoms with E-state index in [9.17, 15) is 9.90 Å². The highest BCUT2D eigenvalue weighted by atomic mass is 19.1. The second kappa shape index (κ2) is 17.0. The number of aliphatic hydroxyl groups excluding tert-OH is 1. The van der Waals surface area contributed by atoms with Crippen molar-refractivity contribution in [3.8, 4) is 16.9 Å². The topological polar surface area (TPSA) is 55.8 Å². The van der Waals surface area contributed by atoms with E-state index in [1.165, 1.54) is 64.2 Å². The molecular formula is C38H53FO4. The molecule has 0 bridgehead atoms. The van der Waals surface area contributed by atoms with Gasteiger partial charge in [-0.2, -0.15) is 0 Å². The Hall–Kier alpha value is -2.66. The molecule has 2 fully saturated rings. The Morgan fingerprint density at radius 1 is 0.930 bits per heavy atom. The van der Waals surface area contributed by atoms with E-state index < -0.39 is 5.97 Å². The van der Waals surface area contributed by atoms with Gasteiger partial charge in [-0.3, -0.25) is 0 Å². The van der Waals surface area contributed by atoms with Crippen molar-refractivity contribution in [2.75, 3.05) is 19.8 Å². The molecule has 4 nitrogen and oxygen atoms in total. The molecule has 0 radical (unpaired) electrons. The maximum Gasteiger partial charge on any atom is 0.333 e. The molecule has 0 amide bonds. The summed E-state index contributed by atoms with van der Waals surface area (Å²) in [5.41, 5.74) is 3.70. The van der Waals surface area contributed by atoms with Crippen molar-refractivity contribution in [1.82, 2.24) is 0 Å². The van der Waals surface area contributed by atoms with E-state index in [2.05, 4.69) is 19.6 Å². The maximum absolute atomic E-state index is 15.6. The summed E-state index contributed by atoms with van der Waals surface area (Å²) in [7, 11) is 0. The van der Waals surface area contributed by atoms with Gasteiger partial charge in [-0.05, 0) is 111 Å². The average Bonchev–Trinajstić information content (AvgIpc) is 3.02. The Morgan fingerprint density at radius 2 is 1.65 bits per heavy atom. The van der Waals surface area contributed by atoms with Crippen LogP contribution in [0.2, 0.25) is 0 Å². The van der Waals surface area contributed by atoms with E-state index in [0.717, 1.165) is 47.3 Å². The second-order valence-electron chi connectivity index (χ2n) is 13.0. The molecule has 0 heterocycles. The third kappa shape index (κ3) is 9.66. The van der Waals surface area contributed by atoms with Crippen LogP contribution in [0.1, 0.15) is 114 Å². The highest BCUT2D eigenvalue weighted by Gasteiger charge is 2.31. The van der Waals surface area contributed by atoms with Gasteiger partial charge in [0, 0.05) is 17.7 Å².